The van der Waals surface area contributed by atoms with Crippen LogP contribution in [-0.2, 0) is 62.7 Å². The summed E-state index contributed by atoms with van der Waals surface area (Å²) in [7, 11) is -6.23. The molecule has 6 fully saturated rings. The number of aromatic nitrogens is 3. The molecule has 4 aliphatic heterocycles. The number of rotatable bonds is 18. The van der Waals surface area contributed by atoms with Gasteiger partial charge in [-0.05, 0) is 167 Å². The third-order valence-electron chi connectivity index (χ3n) is 22.1. The number of allylic oxidation sites excluding steroid dienone is 2. The molecular formula is C81H105BrN12O19S4. The van der Waals surface area contributed by atoms with Crippen LogP contribution in [0.2, 0.25) is 0 Å². The molecule has 634 valence electrons. The van der Waals surface area contributed by atoms with Crippen molar-refractivity contribution in [2.24, 2.45) is 17.6 Å². The average molecular weight is 1760 g/mol. The number of anilines is 1. The number of Topliss-reactive ketones (excluding diaryl/α,β-unsaturated/α-hetero) is 1. The van der Waals surface area contributed by atoms with Crippen molar-refractivity contribution in [3.8, 4) is 22.9 Å². The average Bonchev–Trinajstić information content (AvgIpc) is 1.53. The standard InChI is InChI=1S/C40H50N6O9S2.C37H45BrN4O10S.C4H10N2S/c1-23(2)41-38-43-30(22-56-38)29-19-32(27-15-11-17-33(34(27)42-29)57(3,52)53)54-26-18-31-35(47)45-40(37(49)50)20-24(40)12-7-5-4-6-8-16-28(36(48)46(31)21-26)44-39(51)55-25-13-9-10-14-25;1-50-35(46)37-19-22(37)11-6-4-3-5-7-15-26(40-36(47)52-23-12-8-9-13-23)34(45)42-21-24(17-28(42)33(44)41-37)51-30-18-27(29(43)20-38)39-32-25(30)14-10-16-31(32)53(2,48)49;1-3(2)6-4(5)7/h7,11-12,15,17,19,22-26,28,31H,4-6,8-10,13-14,16,18,20-21H2,1-3H3,(H,41,43)(H,44,51)(H,45,47)(H,49,50);6,10-11,14,16,18,22-24,26,28H,3-5,7-9,12-13,15,17,19-21H2,1-2H3,(H,40,47)(H,41,44);3H,1-2H3,(H3,5,6,7)/b12-7-;11-6-;/t24?,26-,28+,31+,40-;22?,24-,26+,28+,37-;/m11./s1. The van der Waals surface area contributed by atoms with Gasteiger partial charge in [0.15, 0.2) is 35.7 Å². The number of carbonyl (C=O) groups excluding carboxylic acids is 8. The Morgan fingerprint density at radius 3 is 1.56 bits per heavy atom. The molecule has 4 saturated carbocycles. The van der Waals surface area contributed by atoms with Gasteiger partial charge in [-0.15, -0.1) is 11.3 Å². The lowest BCUT2D eigenvalue weighted by atomic mass is 10.0. The Bertz CT molecular complexity index is 4860. The Morgan fingerprint density at radius 2 is 1.11 bits per heavy atom. The number of carboxylic acid groups (broad SMARTS) is 1. The highest BCUT2D eigenvalue weighted by Gasteiger charge is 2.63. The number of alkyl halides is 1. The first-order valence-corrected chi connectivity index (χ1v) is 46.2. The number of hydrogen-bond donors (Lipinski definition) is 8. The quantitative estimate of drug-likeness (QED) is 0.0101. The lowest BCUT2D eigenvalue weighted by Gasteiger charge is -2.29. The fourth-order valence-electron chi connectivity index (χ4n) is 16.0. The molecule has 3 aromatic heterocycles. The monoisotopic (exact) mass is 1760 g/mol. The number of aliphatic carboxylic acids is 1. The van der Waals surface area contributed by atoms with Crippen molar-refractivity contribution in [2.75, 3.05) is 43.4 Å². The molecule has 10 atom stereocenters. The van der Waals surface area contributed by atoms with Gasteiger partial charge in [0.1, 0.15) is 82.5 Å². The molecule has 2 saturated heterocycles. The number of nitrogens with two attached hydrogens (primary N) is 1. The zero-order valence-corrected chi connectivity index (χ0v) is 71.6. The van der Waals surface area contributed by atoms with Gasteiger partial charge in [0.2, 0.25) is 23.6 Å². The first-order chi connectivity index (χ1) is 55.7. The number of nitrogens with zero attached hydrogens (tertiary/aromatic N) is 5. The van der Waals surface area contributed by atoms with Crippen molar-refractivity contribution >= 4 is 145 Å². The summed E-state index contributed by atoms with van der Waals surface area (Å²) in [6.45, 7) is 7.79. The minimum absolute atomic E-state index is 0.00140. The van der Waals surface area contributed by atoms with Gasteiger partial charge in [-0.25, -0.2) is 51.0 Å². The van der Waals surface area contributed by atoms with Gasteiger partial charge in [-0.1, -0.05) is 78.1 Å². The summed E-state index contributed by atoms with van der Waals surface area (Å²) in [6.07, 6.45) is 20.4. The smallest absolute Gasteiger partial charge is 0.408 e. The summed E-state index contributed by atoms with van der Waals surface area (Å²) in [4.78, 5) is 139. The van der Waals surface area contributed by atoms with Crippen LogP contribution in [0.1, 0.15) is 179 Å². The molecule has 31 nitrogen and oxygen atoms in total. The molecule has 117 heavy (non-hydrogen) atoms. The number of alkyl carbamates (subject to hydrolysis) is 2. The van der Waals surface area contributed by atoms with E-state index in [9.17, 15) is 65.1 Å². The second-order valence-corrected chi connectivity index (χ2v) is 37.7. The van der Waals surface area contributed by atoms with E-state index in [0.717, 1.165) is 102 Å². The number of hydrogen-bond acceptors (Lipinski definition) is 24. The Kier molecular flexibility index (Phi) is 29.4. The van der Waals surface area contributed by atoms with E-state index < -0.39 is 127 Å². The number of amides is 6. The fourth-order valence-corrected chi connectivity index (χ4v) is 19.0. The molecule has 4 aliphatic carbocycles. The molecular weight excluding hydrogens is 1650 g/mol. The number of methoxy groups -OCH3 is 1. The fraction of sp³-hybridized carbons (Fsp3) is 0.568. The topological polar surface area (TPSA) is 432 Å². The Labute approximate surface area is 698 Å². The minimum Gasteiger partial charge on any atom is -0.488 e. The number of halogens is 1. The predicted molar refractivity (Wildman–Crippen MR) is 445 cm³/mol. The van der Waals surface area contributed by atoms with Gasteiger partial charge in [-0.2, -0.15) is 0 Å². The zero-order chi connectivity index (χ0) is 84.3. The van der Waals surface area contributed by atoms with Crippen molar-refractivity contribution in [1.82, 2.24) is 51.3 Å². The molecule has 6 amide bonds. The highest BCUT2D eigenvalue weighted by Crippen LogP contribution is 2.48. The first-order valence-electron chi connectivity index (χ1n) is 40.0. The van der Waals surface area contributed by atoms with Crippen LogP contribution in [0.15, 0.2) is 88.0 Å². The number of carboxylic acids is 1. The number of fused-ring (bicyclic) bond motifs is 6. The molecule has 2 unspecified atom stereocenters. The highest BCUT2D eigenvalue weighted by atomic mass is 79.9. The number of esters is 1. The van der Waals surface area contributed by atoms with Crippen LogP contribution in [0.25, 0.3) is 33.2 Å². The highest BCUT2D eigenvalue weighted by molar-refractivity contribution is 9.09. The number of benzene rings is 2. The molecule has 7 heterocycles. The third kappa shape index (κ3) is 22.2. The molecule has 2 aromatic carbocycles. The Morgan fingerprint density at radius 1 is 0.641 bits per heavy atom. The normalized spacial score (nSPS) is 25.9. The lowest BCUT2D eigenvalue weighted by Crippen LogP contribution is -2.56. The van der Waals surface area contributed by atoms with Crippen LogP contribution in [0, 0.1) is 11.8 Å². The maximum atomic E-state index is 14.6. The number of sulfone groups is 2. The van der Waals surface area contributed by atoms with Gasteiger partial charge in [0, 0.05) is 77.6 Å². The predicted octanol–water partition coefficient (Wildman–Crippen LogP) is 9.85. The molecule has 36 heteroatoms. The summed E-state index contributed by atoms with van der Waals surface area (Å²) in [5, 5.41) is 31.1. The van der Waals surface area contributed by atoms with E-state index in [0.29, 0.717) is 70.6 Å². The Hall–Kier alpha value is -9.13. The summed E-state index contributed by atoms with van der Waals surface area (Å²) in [5.41, 5.74) is 3.40. The number of thiazole rings is 1. The van der Waals surface area contributed by atoms with Crippen LogP contribution in [-0.4, -0.2) is 215 Å². The van der Waals surface area contributed by atoms with E-state index in [1.165, 1.54) is 46.4 Å². The van der Waals surface area contributed by atoms with Gasteiger partial charge >= 0.3 is 24.1 Å². The molecule has 9 N–H and O–H groups in total. The largest absolute Gasteiger partial charge is 0.488 e. The van der Waals surface area contributed by atoms with Crippen molar-refractivity contribution in [2.45, 2.75) is 250 Å². The summed E-state index contributed by atoms with van der Waals surface area (Å²) >= 11 is 9.07. The van der Waals surface area contributed by atoms with E-state index in [1.54, 1.807) is 30.3 Å². The molecule has 0 spiro atoms. The van der Waals surface area contributed by atoms with E-state index in [-0.39, 0.29) is 99.9 Å². The third-order valence-corrected chi connectivity index (χ3v) is 25.7. The molecule has 0 bridgehead atoms. The van der Waals surface area contributed by atoms with Crippen LogP contribution in [0.3, 0.4) is 0 Å². The van der Waals surface area contributed by atoms with Gasteiger partial charge < -0.3 is 76.2 Å². The minimum atomic E-state index is -3.76. The Balaban J connectivity index is 0.000000213. The van der Waals surface area contributed by atoms with E-state index in [1.807, 2.05) is 57.4 Å². The number of thiocarbonyl (C=S) groups is 1. The second-order valence-electron chi connectivity index (χ2n) is 31.9. The van der Waals surface area contributed by atoms with Gasteiger partial charge in [0.05, 0.1) is 52.0 Å². The summed E-state index contributed by atoms with van der Waals surface area (Å²) < 4.78 is 80.9. The molecule has 13 rings (SSSR count). The van der Waals surface area contributed by atoms with E-state index in [4.69, 9.17) is 34.4 Å². The SMILES string of the molecule is CC(C)NC(N)=S.CC(C)Nc1nc(-c2cc(O[C@@H]3C[C@H]4C(=O)N[C@]5(C(=O)O)CC5/C=C\CCCCC[C@H](NC(=O)OC5CCCC5)C(=O)N4C3)c3cccc(S(C)(=O)=O)c3n2)cs1.COC(=O)[C@@]12CC1/C=C\CCCCC[C@H](NC(=O)OC1CCCC1)C(=O)N1C[C@H](Oc3cc(C(=O)CBr)nc4c(S(C)(=O)=O)cccc34)C[C@H]1C(=O)N2. The summed E-state index contributed by atoms with van der Waals surface area (Å²) in [5.74, 6) is -4.61. The number of carbonyl (C=O) groups is 9. The molecule has 5 aromatic rings. The van der Waals surface area contributed by atoms with E-state index in [2.05, 4.69) is 70.0 Å². The van der Waals surface area contributed by atoms with Crippen LogP contribution in [0.5, 0.6) is 11.5 Å². The number of para-hydroxylation sites is 2. The van der Waals surface area contributed by atoms with Gasteiger partial charge in [-0.3, -0.25) is 24.0 Å². The lowest BCUT2D eigenvalue weighted by molar-refractivity contribution is -0.148. The molecule has 8 aliphatic rings. The number of ether oxygens (including phenoxy) is 5. The molecule has 0 radical (unpaired) electrons. The summed E-state index contributed by atoms with van der Waals surface area (Å²) in [6, 6.07) is 8.68. The van der Waals surface area contributed by atoms with E-state index >= 15 is 0 Å². The van der Waals surface area contributed by atoms with Gasteiger partial charge in [0.25, 0.3) is 0 Å². The van der Waals surface area contributed by atoms with Crippen LogP contribution >= 0.6 is 39.5 Å². The maximum absolute atomic E-state index is 14.6. The van der Waals surface area contributed by atoms with Crippen molar-refractivity contribution in [3.63, 3.8) is 0 Å². The van der Waals surface area contributed by atoms with Crippen LogP contribution in [0.4, 0.5) is 14.7 Å². The number of nitrogens with one attached hydrogen (secondary N) is 6. The second kappa shape index (κ2) is 38.7. The van der Waals surface area contributed by atoms with Crippen LogP contribution < -0.4 is 47.1 Å². The number of pyridine rings is 2. The zero-order valence-electron chi connectivity index (χ0n) is 66.7. The van der Waals surface area contributed by atoms with Crippen molar-refractivity contribution in [1.29, 1.82) is 0 Å². The van der Waals surface area contributed by atoms with Crippen molar-refractivity contribution < 1.29 is 88.8 Å². The van der Waals surface area contributed by atoms with Crippen molar-refractivity contribution in [3.05, 3.63) is 83.9 Å². The number of ketones is 1. The maximum Gasteiger partial charge on any atom is 0.408 e. The first kappa shape index (κ1) is 88.7.